The summed E-state index contributed by atoms with van der Waals surface area (Å²) in [5.74, 6) is 0. The summed E-state index contributed by atoms with van der Waals surface area (Å²) in [6.45, 7) is 7.79. The van der Waals surface area contributed by atoms with Crippen LogP contribution in [0, 0.1) is 13.8 Å². The number of rotatable bonds is 5. The summed E-state index contributed by atoms with van der Waals surface area (Å²) in [5.41, 5.74) is 6.34. The van der Waals surface area contributed by atoms with E-state index in [9.17, 15) is 0 Å². The molecule has 0 amide bonds. The molecule has 0 bridgehead atoms. The van der Waals surface area contributed by atoms with Crippen LogP contribution in [-0.2, 0) is 6.54 Å². The lowest BCUT2D eigenvalue weighted by Gasteiger charge is -2.11. The highest BCUT2D eigenvalue weighted by Crippen LogP contribution is 2.32. The number of halogens is 1. The molecule has 0 radical (unpaired) electrons. The van der Waals surface area contributed by atoms with Crippen LogP contribution >= 0.6 is 12.4 Å². The molecule has 23 heavy (non-hydrogen) atoms. The number of pyridine rings is 1. The molecule has 3 rings (SSSR count). The van der Waals surface area contributed by atoms with E-state index in [2.05, 4.69) is 61.7 Å². The molecule has 0 saturated carbocycles. The van der Waals surface area contributed by atoms with Gasteiger partial charge >= 0.3 is 0 Å². The minimum Gasteiger partial charge on any atom is -0.343 e. The van der Waals surface area contributed by atoms with Crippen LogP contribution < -0.4 is 0 Å². The summed E-state index contributed by atoms with van der Waals surface area (Å²) in [7, 11) is 0. The third-order valence-electron chi connectivity index (χ3n) is 4.58. The lowest BCUT2D eigenvalue weighted by atomic mass is 10.1. The second-order valence-electron chi connectivity index (χ2n) is 5.99. The smallest absolute Gasteiger partial charge is 0.0944 e. The summed E-state index contributed by atoms with van der Waals surface area (Å²) in [6, 6.07) is 12.7. The molecular weight excluding hydrogens is 304 g/mol. The van der Waals surface area contributed by atoms with Gasteiger partial charge < -0.3 is 4.57 Å². The van der Waals surface area contributed by atoms with Crippen LogP contribution in [0.25, 0.3) is 22.2 Å². The minimum absolute atomic E-state index is 0. The summed E-state index contributed by atoms with van der Waals surface area (Å²) in [5, 5.41) is 1.34. The van der Waals surface area contributed by atoms with E-state index in [1.807, 2.05) is 6.20 Å². The average Bonchev–Trinajstić information content (AvgIpc) is 2.81. The summed E-state index contributed by atoms with van der Waals surface area (Å²) in [6.07, 6.45) is 5.69. The fourth-order valence-corrected chi connectivity index (χ4v) is 3.20. The lowest BCUT2D eigenvalue weighted by Crippen LogP contribution is -2.02. The monoisotopic (exact) mass is 328 g/mol. The van der Waals surface area contributed by atoms with Crippen molar-refractivity contribution < 1.29 is 0 Å². The number of nitrogens with zero attached hydrogens (tertiary/aromatic N) is 2. The molecule has 3 heteroatoms. The van der Waals surface area contributed by atoms with Crippen molar-refractivity contribution >= 4 is 23.3 Å². The van der Waals surface area contributed by atoms with Crippen LogP contribution in [-0.4, -0.2) is 9.55 Å². The quantitative estimate of drug-likeness (QED) is 0.530. The third kappa shape index (κ3) is 3.28. The second-order valence-corrected chi connectivity index (χ2v) is 5.99. The zero-order chi connectivity index (χ0) is 15.5. The van der Waals surface area contributed by atoms with Crippen molar-refractivity contribution in [2.75, 3.05) is 0 Å². The Morgan fingerprint density at radius 1 is 1.00 bits per heavy atom. The molecule has 2 heterocycles. The molecule has 122 valence electrons. The zero-order valence-electron chi connectivity index (χ0n) is 14.2. The first-order valence-corrected chi connectivity index (χ1v) is 8.24. The van der Waals surface area contributed by atoms with Gasteiger partial charge in [0, 0.05) is 29.4 Å². The highest BCUT2D eigenvalue weighted by Gasteiger charge is 2.15. The van der Waals surface area contributed by atoms with Gasteiger partial charge in [0.25, 0.3) is 0 Å². The van der Waals surface area contributed by atoms with Crippen molar-refractivity contribution in [3.05, 3.63) is 53.9 Å². The van der Waals surface area contributed by atoms with E-state index in [0.29, 0.717) is 0 Å². The van der Waals surface area contributed by atoms with Gasteiger partial charge in [0.1, 0.15) is 0 Å². The molecule has 3 aromatic rings. The molecular formula is C20H25ClN2. The van der Waals surface area contributed by atoms with Crippen molar-refractivity contribution in [2.24, 2.45) is 0 Å². The molecule has 0 aliphatic carbocycles. The van der Waals surface area contributed by atoms with Crippen molar-refractivity contribution in [3.63, 3.8) is 0 Å². The molecule has 2 nitrogen and oxygen atoms in total. The van der Waals surface area contributed by atoms with Gasteiger partial charge in [-0.15, -0.1) is 12.4 Å². The lowest BCUT2D eigenvalue weighted by molar-refractivity contribution is 0.606. The zero-order valence-corrected chi connectivity index (χ0v) is 15.0. The Kier molecular flexibility index (Phi) is 5.84. The van der Waals surface area contributed by atoms with E-state index in [4.69, 9.17) is 4.98 Å². The van der Waals surface area contributed by atoms with Crippen LogP contribution in [0.15, 0.2) is 42.6 Å². The number of fused-ring (bicyclic) bond motifs is 1. The van der Waals surface area contributed by atoms with Gasteiger partial charge in [-0.3, -0.25) is 4.98 Å². The average molecular weight is 329 g/mol. The van der Waals surface area contributed by atoms with E-state index in [-0.39, 0.29) is 12.4 Å². The van der Waals surface area contributed by atoms with E-state index in [0.717, 1.165) is 12.2 Å². The predicted octanol–water partition coefficient (Wildman–Crippen LogP) is 5.93. The maximum atomic E-state index is 4.70. The van der Waals surface area contributed by atoms with E-state index in [1.165, 1.54) is 47.0 Å². The van der Waals surface area contributed by atoms with Crippen LogP contribution in [0.3, 0.4) is 0 Å². The Bertz CT molecular complexity index is 775. The Morgan fingerprint density at radius 3 is 2.43 bits per heavy atom. The minimum atomic E-state index is 0. The molecule has 0 N–H and O–H groups in total. The van der Waals surface area contributed by atoms with Crippen molar-refractivity contribution in [3.8, 4) is 11.3 Å². The molecule has 0 saturated heterocycles. The first-order chi connectivity index (χ1) is 10.7. The molecule has 0 fully saturated rings. The second kappa shape index (κ2) is 7.65. The SMILES string of the molecule is CCCCCn1c(C)c(C)c2ccnc(-c3ccccc3)c21.Cl. The van der Waals surface area contributed by atoms with Gasteiger partial charge in [-0.2, -0.15) is 0 Å². The summed E-state index contributed by atoms with van der Waals surface area (Å²) < 4.78 is 2.47. The van der Waals surface area contributed by atoms with Crippen molar-refractivity contribution in [2.45, 2.75) is 46.6 Å². The molecule has 2 aromatic heterocycles. The molecule has 0 spiro atoms. The Hall–Kier alpha value is -1.80. The van der Waals surface area contributed by atoms with Gasteiger partial charge in [0.15, 0.2) is 0 Å². The fourth-order valence-electron chi connectivity index (χ4n) is 3.20. The Labute approximate surface area is 145 Å². The molecule has 0 atom stereocenters. The van der Waals surface area contributed by atoms with Crippen molar-refractivity contribution in [1.29, 1.82) is 0 Å². The Morgan fingerprint density at radius 2 is 1.74 bits per heavy atom. The number of unbranched alkanes of at least 4 members (excludes halogenated alkanes) is 2. The highest BCUT2D eigenvalue weighted by atomic mass is 35.5. The number of aromatic nitrogens is 2. The first-order valence-electron chi connectivity index (χ1n) is 8.24. The fraction of sp³-hybridized carbons (Fsp3) is 0.350. The summed E-state index contributed by atoms with van der Waals surface area (Å²) in [4.78, 5) is 4.70. The van der Waals surface area contributed by atoms with Gasteiger partial charge in [0.2, 0.25) is 0 Å². The van der Waals surface area contributed by atoms with Gasteiger partial charge in [0.05, 0.1) is 11.2 Å². The normalized spacial score (nSPS) is 10.7. The maximum absolute atomic E-state index is 4.70. The number of hydrogen-bond acceptors (Lipinski definition) is 1. The van der Waals surface area contributed by atoms with Gasteiger partial charge in [-0.25, -0.2) is 0 Å². The largest absolute Gasteiger partial charge is 0.343 e. The van der Waals surface area contributed by atoms with Gasteiger partial charge in [-0.1, -0.05) is 50.1 Å². The van der Waals surface area contributed by atoms with Crippen LogP contribution in [0.1, 0.15) is 37.4 Å². The Balaban J connectivity index is 0.00000192. The van der Waals surface area contributed by atoms with Crippen LogP contribution in [0.4, 0.5) is 0 Å². The van der Waals surface area contributed by atoms with Crippen LogP contribution in [0.5, 0.6) is 0 Å². The maximum Gasteiger partial charge on any atom is 0.0944 e. The number of benzene rings is 1. The predicted molar refractivity (Wildman–Crippen MR) is 101 cm³/mol. The number of hydrogen-bond donors (Lipinski definition) is 0. The summed E-state index contributed by atoms with van der Waals surface area (Å²) >= 11 is 0. The van der Waals surface area contributed by atoms with E-state index >= 15 is 0 Å². The molecule has 1 aromatic carbocycles. The van der Waals surface area contributed by atoms with Crippen LogP contribution in [0.2, 0.25) is 0 Å². The standard InChI is InChI=1S/C20H24N2.ClH/c1-4-5-9-14-22-16(3)15(2)18-12-13-21-19(20(18)22)17-10-7-6-8-11-17;/h6-8,10-13H,4-5,9,14H2,1-3H3;1H. The molecule has 0 unspecified atom stereocenters. The topological polar surface area (TPSA) is 17.8 Å². The molecule has 0 aliphatic heterocycles. The van der Waals surface area contributed by atoms with Crippen molar-refractivity contribution in [1.82, 2.24) is 9.55 Å². The van der Waals surface area contributed by atoms with E-state index < -0.39 is 0 Å². The first kappa shape index (κ1) is 17.6. The third-order valence-corrected chi connectivity index (χ3v) is 4.58. The number of aryl methyl sites for hydroxylation is 2. The van der Waals surface area contributed by atoms with E-state index in [1.54, 1.807) is 0 Å². The van der Waals surface area contributed by atoms with Gasteiger partial charge in [-0.05, 0) is 31.9 Å². The highest BCUT2D eigenvalue weighted by molar-refractivity contribution is 5.95. The molecule has 0 aliphatic rings.